The second-order valence-electron chi connectivity index (χ2n) is 1.75. The summed E-state index contributed by atoms with van der Waals surface area (Å²) in [6.45, 7) is 5.59. The van der Waals surface area contributed by atoms with E-state index in [1.165, 1.54) is 0 Å². The van der Waals surface area contributed by atoms with Gasteiger partial charge in [-0.2, -0.15) is 0 Å². The first kappa shape index (κ1) is 7.41. The molecule has 0 spiro atoms. The number of rotatable bonds is 2. The van der Waals surface area contributed by atoms with Gasteiger partial charge >= 0.3 is 0 Å². The van der Waals surface area contributed by atoms with Crippen LogP contribution in [0.15, 0.2) is 11.6 Å². The quantitative estimate of drug-likeness (QED) is 0.499. The van der Waals surface area contributed by atoms with Gasteiger partial charge < -0.3 is 0 Å². The molecule has 0 aromatic rings. The molecule has 0 aromatic heterocycles. The first-order chi connectivity index (χ1) is 3.72. The molecule has 0 aliphatic rings. The summed E-state index contributed by atoms with van der Waals surface area (Å²) in [6, 6.07) is 0. The second kappa shape index (κ2) is 3.42. The SMILES string of the molecule is C/C=C(/C)C(=O)CC. The zero-order valence-electron chi connectivity index (χ0n) is 5.69. The van der Waals surface area contributed by atoms with E-state index in [-0.39, 0.29) is 5.78 Å². The van der Waals surface area contributed by atoms with Crippen molar-refractivity contribution in [1.82, 2.24) is 0 Å². The van der Waals surface area contributed by atoms with E-state index in [9.17, 15) is 4.79 Å². The van der Waals surface area contributed by atoms with Gasteiger partial charge in [0.15, 0.2) is 5.78 Å². The Morgan fingerprint density at radius 3 is 2.25 bits per heavy atom. The summed E-state index contributed by atoms with van der Waals surface area (Å²) in [6.07, 6.45) is 2.46. The maximum Gasteiger partial charge on any atom is 0.157 e. The van der Waals surface area contributed by atoms with Crippen molar-refractivity contribution in [2.75, 3.05) is 0 Å². The zero-order valence-corrected chi connectivity index (χ0v) is 5.69. The third-order valence-corrected chi connectivity index (χ3v) is 1.19. The van der Waals surface area contributed by atoms with Crippen LogP contribution in [0.1, 0.15) is 27.2 Å². The minimum Gasteiger partial charge on any atom is -0.295 e. The second-order valence-corrected chi connectivity index (χ2v) is 1.75. The Kier molecular flexibility index (Phi) is 3.16. The number of hydrogen-bond acceptors (Lipinski definition) is 1. The summed E-state index contributed by atoms with van der Waals surface area (Å²) in [4.78, 5) is 10.7. The van der Waals surface area contributed by atoms with Gasteiger partial charge in [0.05, 0.1) is 0 Å². The van der Waals surface area contributed by atoms with Crippen LogP contribution in [0.25, 0.3) is 0 Å². The molecular weight excluding hydrogens is 100 g/mol. The lowest BCUT2D eigenvalue weighted by Gasteiger charge is -1.91. The molecule has 46 valence electrons. The lowest BCUT2D eigenvalue weighted by Crippen LogP contribution is -1.94. The fourth-order valence-corrected chi connectivity index (χ4v) is 0.440. The van der Waals surface area contributed by atoms with Crippen LogP contribution in [0.4, 0.5) is 0 Å². The van der Waals surface area contributed by atoms with Crippen molar-refractivity contribution in [3.05, 3.63) is 11.6 Å². The lowest BCUT2D eigenvalue weighted by atomic mass is 10.1. The van der Waals surface area contributed by atoms with Crippen LogP contribution >= 0.6 is 0 Å². The first-order valence-corrected chi connectivity index (χ1v) is 2.88. The Balaban J connectivity index is 3.83. The number of Topliss-reactive ketones (excluding diaryl/α,β-unsaturated/α-hetero) is 1. The van der Waals surface area contributed by atoms with Crippen LogP contribution in [0, 0.1) is 0 Å². The molecule has 0 bridgehead atoms. The smallest absolute Gasteiger partial charge is 0.157 e. The topological polar surface area (TPSA) is 17.1 Å². The van der Waals surface area contributed by atoms with Crippen LogP contribution in [0.5, 0.6) is 0 Å². The Hall–Kier alpha value is -0.590. The van der Waals surface area contributed by atoms with Crippen molar-refractivity contribution < 1.29 is 4.79 Å². The molecular formula is C7H12O. The molecule has 0 aliphatic carbocycles. The van der Waals surface area contributed by atoms with E-state index in [1.54, 1.807) is 0 Å². The van der Waals surface area contributed by atoms with Crippen molar-refractivity contribution in [3.63, 3.8) is 0 Å². The normalized spacial score (nSPS) is 11.6. The maximum absolute atomic E-state index is 10.7. The van der Waals surface area contributed by atoms with Crippen molar-refractivity contribution in [2.24, 2.45) is 0 Å². The maximum atomic E-state index is 10.7. The van der Waals surface area contributed by atoms with Crippen molar-refractivity contribution in [1.29, 1.82) is 0 Å². The molecule has 0 radical (unpaired) electrons. The largest absolute Gasteiger partial charge is 0.295 e. The van der Waals surface area contributed by atoms with E-state index in [0.29, 0.717) is 6.42 Å². The summed E-state index contributed by atoms with van der Waals surface area (Å²) in [5, 5.41) is 0. The third kappa shape index (κ3) is 1.92. The molecule has 0 heterocycles. The van der Waals surface area contributed by atoms with Gasteiger partial charge in [-0.1, -0.05) is 13.0 Å². The Morgan fingerprint density at radius 1 is 1.62 bits per heavy atom. The predicted molar refractivity (Wildman–Crippen MR) is 34.7 cm³/mol. The van der Waals surface area contributed by atoms with Gasteiger partial charge in [0.25, 0.3) is 0 Å². The predicted octanol–water partition coefficient (Wildman–Crippen LogP) is 1.93. The third-order valence-electron chi connectivity index (χ3n) is 1.19. The van der Waals surface area contributed by atoms with Crippen LogP contribution in [-0.4, -0.2) is 5.78 Å². The number of ketones is 1. The molecule has 1 nitrogen and oxygen atoms in total. The molecule has 0 rings (SSSR count). The average Bonchev–Trinajstić information content (AvgIpc) is 1.84. The van der Waals surface area contributed by atoms with E-state index < -0.39 is 0 Å². The highest BCUT2D eigenvalue weighted by Crippen LogP contribution is 1.95. The summed E-state index contributed by atoms with van der Waals surface area (Å²) in [5.74, 6) is 0.243. The highest BCUT2D eigenvalue weighted by atomic mass is 16.1. The van der Waals surface area contributed by atoms with E-state index in [1.807, 2.05) is 26.8 Å². The molecule has 0 atom stereocenters. The number of allylic oxidation sites excluding steroid dienone is 2. The fourth-order valence-electron chi connectivity index (χ4n) is 0.440. The van der Waals surface area contributed by atoms with Gasteiger partial charge in [-0.3, -0.25) is 4.79 Å². The van der Waals surface area contributed by atoms with E-state index in [2.05, 4.69) is 0 Å². The van der Waals surface area contributed by atoms with Gasteiger partial charge in [-0.15, -0.1) is 0 Å². The van der Waals surface area contributed by atoms with E-state index in [4.69, 9.17) is 0 Å². The highest BCUT2D eigenvalue weighted by Gasteiger charge is 1.96. The molecule has 1 heteroatoms. The van der Waals surface area contributed by atoms with Crippen LogP contribution in [-0.2, 0) is 4.79 Å². The molecule has 0 aliphatic heterocycles. The van der Waals surface area contributed by atoms with E-state index >= 15 is 0 Å². The molecule has 0 saturated heterocycles. The molecule has 0 fully saturated rings. The molecule has 0 N–H and O–H groups in total. The van der Waals surface area contributed by atoms with E-state index in [0.717, 1.165) is 5.57 Å². The lowest BCUT2D eigenvalue weighted by molar-refractivity contribution is -0.115. The van der Waals surface area contributed by atoms with Crippen LogP contribution in [0.3, 0.4) is 0 Å². The molecule has 0 unspecified atom stereocenters. The van der Waals surface area contributed by atoms with Gasteiger partial charge in [-0.05, 0) is 19.4 Å². The Morgan fingerprint density at radius 2 is 2.12 bits per heavy atom. The highest BCUT2D eigenvalue weighted by molar-refractivity contribution is 5.94. The van der Waals surface area contributed by atoms with Crippen molar-refractivity contribution >= 4 is 5.78 Å². The van der Waals surface area contributed by atoms with Gasteiger partial charge in [0.1, 0.15) is 0 Å². The summed E-state index contributed by atoms with van der Waals surface area (Å²) >= 11 is 0. The van der Waals surface area contributed by atoms with Gasteiger partial charge in [0.2, 0.25) is 0 Å². The average molecular weight is 112 g/mol. The Bertz CT molecular complexity index is 112. The van der Waals surface area contributed by atoms with Crippen LogP contribution in [0.2, 0.25) is 0 Å². The number of hydrogen-bond donors (Lipinski definition) is 0. The monoisotopic (exact) mass is 112 g/mol. The van der Waals surface area contributed by atoms with Crippen LogP contribution < -0.4 is 0 Å². The van der Waals surface area contributed by atoms with Crippen molar-refractivity contribution in [2.45, 2.75) is 27.2 Å². The minimum atomic E-state index is 0.243. The Labute approximate surface area is 50.4 Å². The number of carbonyl (C=O) groups is 1. The number of carbonyl (C=O) groups excluding carboxylic acids is 1. The van der Waals surface area contributed by atoms with Crippen molar-refractivity contribution in [3.8, 4) is 0 Å². The molecule has 0 amide bonds. The zero-order chi connectivity index (χ0) is 6.57. The molecule has 0 saturated carbocycles. The standard InChI is InChI=1S/C7H12O/c1-4-6(3)7(8)5-2/h4H,5H2,1-3H3/b6-4-. The first-order valence-electron chi connectivity index (χ1n) is 2.88. The molecule has 0 aromatic carbocycles. The minimum absolute atomic E-state index is 0.243. The fraction of sp³-hybridized carbons (Fsp3) is 0.571. The van der Waals surface area contributed by atoms with Gasteiger partial charge in [-0.25, -0.2) is 0 Å². The van der Waals surface area contributed by atoms with Gasteiger partial charge in [0, 0.05) is 6.42 Å². The summed E-state index contributed by atoms with van der Waals surface area (Å²) < 4.78 is 0. The summed E-state index contributed by atoms with van der Waals surface area (Å²) in [5.41, 5.74) is 0.868. The molecule has 8 heavy (non-hydrogen) atoms. The summed E-state index contributed by atoms with van der Waals surface area (Å²) in [7, 11) is 0.